The van der Waals surface area contributed by atoms with E-state index in [0.717, 1.165) is 17.8 Å². The Labute approximate surface area is 215 Å². The molecule has 2 amide bonds. The number of piperazine rings is 1. The zero-order valence-electron chi connectivity index (χ0n) is 19.5. The monoisotopic (exact) mass is 532 g/mol. The molecule has 2 heterocycles. The maximum absolute atomic E-state index is 14.3. The van der Waals surface area contributed by atoms with Crippen LogP contribution >= 0.6 is 11.6 Å². The molecule has 14 heteroatoms. The van der Waals surface area contributed by atoms with E-state index in [0.29, 0.717) is 31.9 Å². The second-order valence-electron chi connectivity index (χ2n) is 7.98. The summed E-state index contributed by atoms with van der Waals surface area (Å²) in [6.45, 7) is 3.61. The summed E-state index contributed by atoms with van der Waals surface area (Å²) in [6.07, 6.45) is 0. The second-order valence-corrected chi connectivity index (χ2v) is 8.38. The van der Waals surface area contributed by atoms with Crippen molar-refractivity contribution in [2.45, 2.75) is 6.92 Å². The fourth-order valence-corrected chi connectivity index (χ4v) is 3.78. The van der Waals surface area contributed by atoms with Crippen molar-refractivity contribution in [1.29, 1.82) is 0 Å². The van der Waals surface area contributed by atoms with Gasteiger partial charge in [-0.3, -0.25) is 9.59 Å². The third kappa shape index (κ3) is 6.44. The van der Waals surface area contributed by atoms with Gasteiger partial charge in [-0.2, -0.15) is 0 Å². The van der Waals surface area contributed by atoms with E-state index < -0.39 is 24.3 Å². The number of amides is 2. The maximum Gasteiger partial charge on any atom is 0.341 e. The van der Waals surface area contributed by atoms with E-state index in [2.05, 4.69) is 25.7 Å². The number of carbonyl (C=O) groups is 3. The number of carbonyl (C=O) groups excluding carboxylic acids is 2. The van der Waals surface area contributed by atoms with Gasteiger partial charge in [0.1, 0.15) is 11.6 Å². The highest BCUT2D eigenvalue weighted by molar-refractivity contribution is 6.32. The van der Waals surface area contributed by atoms with E-state index in [-0.39, 0.29) is 34.3 Å². The Balaban J connectivity index is 1.36. The first-order valence-corrected chi connectivity index (χ1v) is 11.4. The minimum absolute atomic E-state index is 0.0601. The van der Waals surface area contributed by atoms with Gasteiger partial charge in [-0.15, -0.1) is 5.10 Å². The molecular weight excluding hydrogens is 511 g/mol. The number of carboxylic acid groups (broad SMARTS) is 1. The molecule has 4 rings (SSSR count). The zero-order chi connectivity index (χ0) is 26.5. The molecule has 2 aromatic carbocycles. The Morgan fingerprint density at radius 1 is 1.14 bits per heavy atom. The molecule has 1 fully saturated rings. The summed E-state index contributed by atoms with van der Waals surface area (Å²) in [4.78, 5) is 38.7. The van der Waals surface area contributed by atoms with Crippen molar-refractivity contribution in [3.8, 4) is 5.75 Å². The summed E-state index contributed by atoms with van der Waals surface area (Å²) in [5.41, 5.74) is 1.27. The molecule has 0 bridgehead atoms. The first-order chi connectivity index (χ1) is 17.7. The van der Waals surface area contributed by atoms with Crippen molar-refractivity contribution < 1.29 is 33.0 Å². The maximum atomic E-state index is 14.3. The molecule has 0 aliphatic carbocycles. The zero-order valence-corrected chi connectivity index (χ0v) is 20.3. The van der Waals surface area contributed by atoms with Crippen molar-refractivity contribution in [1.82, 2.24) is 15.1 Å². The van der Waals surface area contributed by atoms with E-state index in [9.17, 15) is 18.8 Å². The van der Waals surface area contributed by atoms with Gasteiger partial charge >= 0.3 is 23.8 Å². The molecule has 37 heavy (non-hydrogen) atoms. The number of aliphatic carboxylic acids is 1. The Kier molecular flexibility index (Phi) is 7.72. The van der Waals surface area contributed by atoms with Gasteiger partial charge < -0.3 is 34.7 Å². The number of halogens is 2. The van der Waals surface area contributed by atoms with E-state index in [4.69, 9.17) is 25.9 Å². The summed E-state index contributed by atoms with van der Waals surface area (Å²) in [7, 11) is 0. The number of benzene rings is 2. The van der Waals surface area contributed by atoms with Gasteiger partial charge in [0.05, 0.1) is 10.7 Å². The van der Waals surface area contributed by atoms with Crippen molar-refractivity contribution in [3.63, 3.8) is 0 Å². The summed E-state index contributed by atoms with van der Waals surface area (Å²) >= 11 is 5.87. The molecule has 0 unspecified atom stereocenters. The van der Waals surface area contributed by atoms with Gasteiger partial charge in [0.25, 0.3) is 0 Å². The first-order valence-electron chi connectivity index (χ1n) is 11.1. The van der Waals surface area contributed by atoms with Crippen molar-refractivity contribution in [2.75, 3.05) is 48.3 Å². The number of rotatable bonds is 8. The van der Waals surface area contributed by atoms with Gasteiger partial charge in [-0.05, 0) is 30.3 Å². The minimum Gasteiger partial charge on any atom is -0.480 e. The summed E-state index contributed by atoms with van der Waals surface area (Å²) in [5, 5.41) is 21.1. The Morgan fingerprint density at radius 2 is 1.84 bits per heavy atom. The molecule has 3 N–H and O–H groups in total. The van der Waals surface area contributed by atoms with Crippen molar-refractivity contribution in [2.24, 2.45) is 0 Å². The number of ether oxygens (including phenoxy) is 1. The van der Waals surface area contributed by atoms with Crippen LogP contribution in [0.3, 0.4) is 0 Å². The van der Waals surface area contributed by atoms with Crippen LogP contribution in [0.5, 0.6) is 5.75 Å². The van der Waals surface area contributed by atoms with Gasteiger partial charge in [0.2, 0.25) is 5.91 Å². The number of carboxylic acids is 1. The molecule has 194 valence electrons. The summed E-state index contributed by atoms with van der Waals surface area (Å²) < 4.78 is 24.6. The van der Waals surface area contributed by atoms with Gasteiger partial charge in [0.15, 0.2) is 6.61 Å². The van der Waals surface area contributed by atoms with E-state index in [1.54, 1.807) is 24.0 Å². The highest BCUT2D eigenvalue weighted by atomic mass is 35.5. The molecule has 0 saturated carbocycles. The molecule has 12 nitrogen and oxygen atoms in total. The second kappa shape index (κ2) is 11.1. The lowest BCUT2D eigenvalue weighted by atomic mass is 10.2. The standard InChI is InChI=1S/C23H22ClFN6O6/c1-13(32)30-6-8-31(9-7-30)15-4-2-14(3-5-15)26-21(35)22-28-29-23(37-22)27-18-11-19(36-12-20(33)34)16(24)10-17(18)25/h2-5,10-11H,6-9,12H2,1H3,(H,26,35)(H,27,29)(H,33,34). The smallest absolute Gasteiger partial charge is 0.341 e. The van der Waals surface area contributed by atoms with Crippen LogP contribution < -0.4 is 20.3 Å². The lowest BCUT2D eigenvalue weighted by Crippen LogP contribution is -2.48. The quantitative estimate of drug-likeness (QED) is 0.395. The third-order valence-electron chi connectivity index (χ3n) is 5.45. The largest absolute Gasteiger partial charge is 0.480 e. The van der Waals surface area contributed by atoms with Gasteiger partial charge in [0, 0.05) is 50.5 Å². The van der Waals surface area contributed by atoms with E-state index in [1.807, 2.05) is 12.1 Å². The molecule has 0 radical (unpaired) electrons. The van der Waals surface area contributed by atoms with Crippen LogP contribution in [0.15, 0.2) is 40.8 Å². The molecule has 0 spiro atoms. The molecular formula is C23H22ClFN6O6. The molecule has 0 atom stereocenters. The normalized spacial score (nSPS) is 13.3. The Hall–Kier alpha value is -4.39. The number of hydrogen-bond acceptors (Lipinski definition) is 9. The minimum atomic E-state index is -1.23. The Bertz CT molecular complexity index is 1310. The molecule has 1 aliphatic rings. The van der Waals surface area contributed by atoms with E-state index >= 15 is 0 Å². The predicted molar refractivity (Wildman–Crippen MR) is 131 cm³/mol. The highest BCUT2D eigenvalue weighted by Crippen LogP contribution is 2.32. The topological polar surface area (TPSA) is 150 Å². The number of anilines is 4. The number of hydrogen-bond donors (Lipinski definition) is 3. The first kappa shape index (κ1) is 25.7. The SMILES string of the molecule is CC(=O)N1CCN(c2ccc(NC(=O)c3nnc(Nc4cc(OCC(=O)O)c(Cl)cc4F)o3)cc2)CC1. The molecule has 1 saturated heterocycles. The number of aromatic nitrogens is 2. The van der Waals surface area contributed by atoms with Crippen molar-refractivity contribution in [3.05, 3.63) is 53.1 Å². The van der Waals surface area contributed by atoms with Crippen LogP contribution in [0.1, 0.15) is 17.6 Å². The molecule has 1 aromatic heterocycles. The molecule has 3 aromatic rings. The average molecular weight is 533 g/mol. The number of nitrogens with one attached hydrogen (secondary N) is 2. The predicted octanol–water partition coefficient (Wildman–Crippen LogP) is 2.99. The Morgan fingerprint density at radius 3 is 2.49 bits per heavy atom. The van der Waals surface area contributed by atoms with Gasteiger partial charge in [-0.25, -0.2) is 9.18 Å². The van der Waals surface area contributed by atoms with Crippen LogP contribution in [0.4, 0.5) is 27.5 Å². The van der Waals surface area contributed by atoms with Crippen molar-refractivity contribution >= 4 is 52.5 Å². The summed E-state index contributed by atoms with van der Waals surface area (Å²) in [6, 6.07) is 8.93. The van der Waals surface area contributed by atoms with Crippen LogP contribution in [-0.2, 0) is 9.59 Å². The van der Waals surface area contributed by atoms with Crippen LogP contribution in [0.25, 0.3) is 0 Å². The van der Waals surface area contributed by atoms with Crippen LogP contribution in [-0.4, -0.2) is 70.8 Å². The van der Waals surface area contributed by atoms with Gasteiger partial charge in [-0.1, -0.05) is 16.7 Å². The molecule has 1 aliphatic heterocycles. The highest BCUT2D eigenvalue weighted by Gasteiger charge is 2.20. The lowest BCUT2D eigenvalue weighted by molar-refractivity contribution is -0.139. The fraction of sp³-hybridized carbons (Fsp3) is 0.261. The van der Waals surface area contributed by atoms with Crippen LogP contribution in [0.2, 0.25) is 5.02 Å². The lowest BCUT2D eigenvalue weighted by Gasteiger charge is -2.35. The third-order valence-corrected chi connectivity index (χ3v) is 5.74. The van der Waals surface area contributed by atoms with E-state index in [1.165, 1.54) is 0 Å². The average Bonchev–Trinajstić information content (AvgIpc) is 3.34. The number of nitrogens with zero attached hydrogens (tertiary/aromatic N) is 4. The van der Waals surface area contributed by atoms with Crippen LogP contribution in [0, 0.1) is 5.82 Å². The fourth-order valence-electron chi connectivity index (χ4n) is 3.58. The summed E-state index contributed by atoms with van der Waals surface area (Å²) in [5.74, 6) is -3.09.